The van der Waals surface area contributed by atoms with E-state index in [2.05, 4.69) is 20.2 Å². The van der Waals surface area contributed by atoms with Crippen molar-refractivity contribution in [3.05, 3.63) is 24.0 Å². The smallest absolute Gasteiger partial charge is 0.203 e. The van der Waals surface area contributed by atoms with Crippen LogP contribution in [0.1, 0.15) is 12.8 Å². The Morgan fingerprint density at radius 2 is 2.37 bits per heavy atom. The summed E-state index contributed by atoms with van der Waals surface area (Å²) in [6.07, 6.45) is 2.50. The highest BCUT2D eigenvalue weighted by molar-refractivity contribution is 5.77. The zero-order chi connectivity index (χ0) is 13.2. The summed E-state index contributed by atoms with van der Waals surface area (Å²) in [6.45, 7) is 3.17. The summed E-state index contributed by atoms with van der Waals surface area (Å²) in [7, 11) is 2.03. The van der Waals surface area contributed by atoms with Crippen LogP contribution in [-0.2, 0) is 0 Å². The van der Waals surface area contributed by atoms with Gasteiger partial charge >= 0.3 is 0 Å². The normalized spacial score (nSPS) is 19.8. The lowest BCUT2D eigenvalue weighted by Gasteiger charge is -2.27. The van der Waals surface area contributed by atoms with Crippen LogP contribution in [0, 0.1) is 11.7 Å². The van der Waals surface area contributed by atoms with Crippen molar-refractivity contribution in [2.24, 2.45) is 5.92 Å². The maximum atomic E-state index is 13.2. The second kappa shape index (κ2) is 5.17. The topological polar surface area (TPSA) is 44.0 Å². The van der Waals surface area contributed by atoms with Crippen molar-refractivity contribution in [3.8, 4) is 0 Å². The number of imidazole rings is 1. The van der Waals surface area contributed by atoms with Gasteiger partial charge in [0.05, 0.1) is 11.0 Å². The first kappa shape index (κ1) is 12.4. The molecule has 1 unspecified atom stereocenters. The van der Waals surface area contributed by atoms with Crippen LogP contribution >= 0.6 is 0 Å². The summed E-state index contributed by atoms with van der Waals surface area (Å²) in [5.41, 5.74) is 1.56. The predicted octanol–water partition coefficient (Wildman–Crippen LogP) is 2.14. The number of H-pyrrole nitrogens is 1. The van der Waals surface area contributed by atoms with E-state index in [-0.39, 0.29) is 5.82 Å². The van der Waals surface area contributed by atoms with Crippen LogP contribution in [0.15, 0.2) is 18.2 Å². The number of hydrogen-bond donors (Lipinski definition) is 2. The van der Waals surface area contributed by atoms with Gasteiger partial charge in [-0.2, -0.15) is 0 Å². The molecule has 1 aliphatic rings. The molecule has 0 spiro atoms. The minimum Gasteiger partial charge on any atom is -0.345 e. The van der Waals surface area contributed by atoms with Gasteiger partial charge in [0.25, 0.3) is 0 Å². The van der Waals surface area contributed by atoms with Crippen molar-refractivity contribution < 1.29 is 4.39 Å². The number of piperidine rings is 1. The van der Waals surface area contributed by atoms with E-state index in [1.54, 1.807) is 6.07 Å². The molecule has 0 bridgehead atoms. The molecule has 0 radical (unpaired) electrons. The van der Waals surface area contributed by atoms with Crippen molar-refractivity contribution in [1.29, 1.82) is 0 Å². The lowest BCUT2D eigenvalue weighted by molar-refractivity contribution is 0.380. The lowest BCUT2D eigenvalue weighted by atomic mass is 9.99. The highest BCUT2D eigenvalue weighted by Crippen LogP contribution is 2.19. The molecule has 1 fully saturated rings. The Bertz CT molecular complexity index is 560. The molecule has 1 aliphatic heterocycles. The molecule has 19 heavy (non-hydrogen) atoms. The van der Waals surface area contributed by atoms with Crippen molar-refractivity contribution in [2.75, 3.05) is 31.6 Å². The minimum absolute atomic E-state index is 0.234. The molecule has 1 aromatic carbocycles. The van der Waals surface area contributed by atoms with Gasteiger partial charge in [-0.1, -0.05) is 0 Å². The Balaban J connectivity index is 1.75. The highest BCUT2D eigenvalue weighted by Gasteiger charge is 2.17. The fraction of sp³-hybridized carbons (Fsp3) is 0.500. The quantitative estimate of drug-likeness (QED) is 0.890. The molecule has 2 N–H and O–H groups in total. The molecule has 2 heterocycles. The van der Waals surface area contributed by atoms with Crippen LogP contribution in [0.3, 0.4) is 0 Å². The van der Waals surface area contributed by atoms with Crippen molar-refractivity contribution in [1.82, 2.24) is 15.3 Å². The number of nitrogens with one attached hydrogen (secondary N) is 2. The first-order valence-corrected chi connectivity index (χ1v) is 6.79. The predicted molar refractivity (Wildman–Crippen MR) is 74.9 cm³/mol. The molecular weight excluding hydrogens is 243 g/mol. The fourth-order valence-electron chi connectivity index (χ4n) is 2.70. The van der Waals surface area contributed by atoms with Crippen LogP contribution in [0.5, 0.6) is 0 Å². The number of hydrogen-bond acceptors (Lipinski definition) is 3. The number of rotatable bonds is 3. The summed E-state index contributed by atoms with van der Waals surface area (Å²) in [4.78, 5) is 9.80. The number of halogens is 1. The van der Waals surface area contributed by atoms with E-state index in [0.29, 0.717) is 5.92 Å². The zero-order valence-corrected chi connectivity index (χ0v) is 11.1. The maximum absolute atomic E-state index is 13.2. The largest absolute Gasteiger partial charge is 0.345 e. The number of anilines is 1. The molecule has 0 aliphatic carbocycles. The summed E-state index contributed by atoms with van der Waals surface area (Å²) in [6, 6.07) is 4.64. The molecule has 4 nitrogen and oxygen atoms in total. The number of aromatic amines is 1. The Labute approximate surface area is 112 Å². The summed E-state index contributed by atoms with van der Waals surface area (Å²) >= 11 is 0. The Kier molecular flexibility index (Phi) is 3.38. The molecule has 5 heteroatoms. The van der Waals surface area contributed by atoms with E-state index in [1.807, 2.05) is 7.05 Å². The zero-order valence-electron chi connectivity index (χ0n) is 11.1. The minimum atomic E-state index is -0.234. The second-order valence-corrected chi connectivity index (χ2v) is 5.31. The maximum Gasteiger partial charge on any atom is 0.203 e. The average Bonchev–Trinajstić information content (AvgIpc) is 2.83. The van der Waals surface area contributed by atoms with Gasteiger partial charge in [0, 0.05) is 13.6 Å². The van der Waals surface area contributed by atoms with Gasteiger partial charge in [-0.25, -0.2) is 9.37 Å². The number of fused-ring (bicyclic) bond motifs is 1. The summed E-state index contributed by atoms with van der Waals surface area (Å²) in [5, 5.41) is 3.42. The van der Waals surface area contributed by atoms with Gasteiger partial charge in [-0.15, -0.1) is 0 Å². The van der Waals surface area contributed by atoms with Crippen LogP contribution in [0.2, 0.25) is 0 Å². The lowest BCUT2D eigenvalue weighted by Crippen LogP contribution is -2.37. The standard InChI is InChI=1S/C14H19FN4/c1-19(9-10-3-2-6-16-8-10)14-17-12-5-4-11(15)7-13(12)18-14/h4-5,7,10,16H,2-3,6,8-9H2,1H3,(H,17,18). The van der Waals surface area contributed by atoms with Crippen molar-refractivity contribution >= 4 is 17.0 Å². The average molecular weight is 262 g/mol. The third kappa shape index (κ3) is 2.71. The summed E-state index contributed by atoms with van der Waals surface area (Å²) in [5.74, 6) is 1.23. The SMILES string of the molecule is CN(CC1CCCNC1)c1nc2ccc(F)cc2[nH]1. The molecule has 1 aromatic heterocycles. The first-order chi connectivity index (χ1) is 9.22. The molecule has 0 saturated carbocycles. The third-order valence-corrected chi connectivity index (χ3v) is 3.72. The van der Waals surface area contributed by atoms with Gasteiger partial charge in [-0.3, -0.25) is 0 Å². The Hall–Kier alpha value is -1.62. The van der Waals surface area contributed by atoms with Gasteiger partial charge in [0.1, 0.15) is 5.82 Å². The van der Waals surface area contributed by atoms with E-state index in [9.17, 15) is 4.39 Å². The molecule has 1 saturated heterocycles. The fourth-order valence-corrected chi connectivity index (χ4v) is 2.70. The van der Waals surface area contributed by atoms with Crippen molar-refractivity contribution in [2.45, 2.75) is 12.8 Å². The van der Waals surface area contributed by atoms with E-state index in [1.165, 1.54) is 25.0 Å². The van der Waals surface area contributed by atoms with E-state index in [4.69, 9.17) is 0 Å². The van der Waals surface area contributed by atoms with E-state index >= 15 is 0 Å². The molecule has 2 aromatic rings. The van der Waals surface area contributed by atoms with Crippen LogP contribution < -0.4 is 10.2 Å². The van der Waals surface area contributed by atoms with E-state index < -0.39 is 0 Å². The second-order valence-electron chi connectivity index (χ2n) is 5.31. The molecular formula is C14H19FN4. The molecule has 1 atom stereocenters. The van der Waals surface area contributed by atoms with Gasteiger partial charge in [0.2, 0.25) is 5.95 Å². The molecule has 0 amide bonds. The monoisotopic (exact) mass is 262 g/mol. The highest BCUT2D eigenvalue weighted by atomic mass is 19.1. The van der Waals surface area contributed by atoms with Crippen molar-refractivity contribution in [3.63, 3.8) is 0 Å². The number of aromatic nitrogens is 2. The summed E-state index contributed by atoms with van der Waals surface area (Å²) < 4.78 is 13.2. The van der Waals surface area contributed by atoms with Gasteiger partial charge < -0.3 is 15.2 Å². The van der Waals surface area contributed by atoms with E-state index in [0.717, 1.165) is 36.6 Å². The van der Waals surface area contributed by atoms with Crippen LogP contribution in [0.25, 0.3) is 11.0 Å². The molecule has 102 valence electrons. The van der Waals surface area contributed by atoms with Crippen LogP contribution in [-0.4, -0.2) is 36.6 Å². The van der Waals surface area contributed by atoms with Gasteiger partial charge in [0.15, 0.2) is 0 Å². The number of benzene rings is 1. The van der Waals surface area contributed by atoms with Crippen LogP contribution in [0.4, 0.5) is 10.3 Å². The first-order valence-electron chi connectivity index (χ1n) is 6.79. The van der Waals surface area contributed by atoms with Gasteiger partial charge in [-0.05, 0) is 50.0 Å². The third-order valence-electron chi connectivity index (χ3n) is 3.72. The molecule has 3 rings (SSSR count). The Morgan fingerprint density at radius 3 is 3.16 bits per heavy atom. The number of nitrogens with zero attached hydrogens (tertiary/aromatic N) is 2. The Morgan fingerprint density at radius 1 is 1.47 bits per heavy atom.